The van der Waals surface area contributed by atoms with Crippen molar-refractivity contribution in [2.24, 2.45) is 0 Å². The number of halogens is 2. The summed E-state index contributed by atoms with van der Waals surface area (Å²) in [5, 5.41) is 3.72. The van der Waals surface area contributed by atoms with Crippen LogP contribution in [0.2, 0.25) is 0 Å². The largest absolute Gasteiger partial charge is 0.356 e. The highest BCUT2D eigenvalue weighted by Gasteiger charge is 2.03. The zero-order chi connectivity index (χ0) is 12.5. The summed E-state index contributed by atoms with van der Waals surface area (Å²) < 4.78 is 13.2. The maximum Gasteiger partial charge on any atom is 0.220 e. The number of unbranched alkanes of at least 4 members (excludes halogenated alkanes) is 1. The zero-order valence-electron chi connectivity index (χ0n) is 9.72. The van der Waals surface area contributed by atoms with Crippen LogP contribution in [0.1, 0.15) is 24.8 Å². The fraction of sp³-hybridized carbons (Fsp3) is 0.462. The predicted octanol–water partition coefficient (Wildman–Crippen LogP) is 3.05. The van der Waals surface area contributed by atoms with Crippen molar-refractivity contribution in [1.82, 2.24) is 5.32 Å². The Balaban J connectivity index is 2.19. The highest BCUT2D eigenvalue weighted by Crippen LogP contribution is 2.06. The van der Waals surface area contributed by atoms with Gasteiger partial charge in [-0.2, -0.15) is 0 Å². The molecule has 1 rings (SSSR count). The molecular weight excluding hydrogens is 285 g/mol. The molecule has 1 aromatic carbocycles. The number of amides is 1. The van der Waals surface area contributed by atoms with E-state index in [0.29, 0.717) is 24.9 Å². The molecule has 0 atom stereocenters. The molecule has 0 bridgehead atoms. The molecule has 0 heterocycles. The van der Waals surface area contributed by atoms with Gasteiger partial charge in [0.05, 0.1) is 0 Å². The Labute approximate surface area is 110 Å². The van der Waals surface area contributed by atoms with Crippen molar-refractivity contribution in [3.8, 4) is 0 Å². The van der Waals surface area contributed by atoms with Crippen LogP contribution in [0.5, 0.6) is 0 Å². The molecule has 0 aliphatic carbocycles. The fourth-order valence-corrected chi connectivity index (χ4v) is 1.90. The number of carbonyl (C=O) groups excluding carboxylic acids is 1. The van der Waals surface area contributed by atoms with Crippen LogP contribution >= 0.6 is 15.9 Å². The number of nitrogens with one attached hydrogen (secondary N) is 1. The monoisotopic (exact) mass is 301 g/mol. The minimum Gasteiger partial charge on any atom is -0.356 e. The minimum atomic E-state index is -0.207. The van der Waals surface area contributed by atoms with E-state index in [4.69, 9.17) is 0 Å². The Morgan fingerprint density at radius 3 is 2.76 bits per heavy atom. The minimum absolute atomic E-state index is 0.0438. The highest BCUT2D eigenvalue weighted by atomic mass is 79.9. The maximum absolute atomic E-state index is 13.2. The molecule has 0 unspecified atom stereocenters. The third kappa shape index (κ3) is 5.82. The SMILES string of the molecule is O=C(CCCCBr)NCCc1ccccc1F. The summed E-state index contributed by atoms with van der Waals surface area (Å²) in [5.41, 5.74) is 0.647. The lowest BCUT2D eigenvalue weighted by molar-refractivity contribution is -0.121. The number of rotatable bonds is 7. The molecule has 4 heteroatoms. The van der Waals surface area contributed by atoms with Crippen molar-refractivity contribution in [3.63, 3.8) is 0 Å². The van der Waals surface area contributed by atoms with Gasteiger partial charge in [-0.15, -0.1) is 0 Å². The molecule has 0 aliphatic heterocycles. The second kappa shape index (κ2) is 8.23. The Kier molecular flexibility index (Phi) is 6.86. The molecule has 0 saturated heterocycles. The van der Waals surface area contributed by atoms with E-state index in [1.54, 1.807) is 18.2 Å². The first-order valence-electron chi connectivity index (χ1n) is 5.80. The van der Waals surface area contributed by atoms with E-state index in [1.165, 1.54) is 6.07 Å². The van der Waals surface area contributed by atoms with Gasteiger partial charge < -0.3 is 5.32 Å². The topological polar surface area (TPSA) is 29.1 Å². The Bertz CT molecular complexity index is 357. The maximum atomic E-state index is 13.2. The Morgan fingerprint density at radius 1 is 1.29 bits per heavy atom. The van der Waals surface area contributed by atoms with Crippen molar-refractivity contribution in [3.05, 3.63) is 35.6 Å². The molecule has 0 aromatic heterocycles. The molecule has 0 spiro atoms. The first-order valence-corrected chi connectivity index (χ1v) is 6.92. The van der Waals surface area contributed by atoms with Gasteiger partial charge in [-0.1, -0.05) is 34.1 Å². The predicted molar refractivity (Wildman–Crippen MR) is 70.8 cm³/mol. The normalized spacial score (nSPS) is 10.2. The van der Waals surface area contributed by atoms with E-state index in [0.717, 1.165) is 18.2 Å². The molecule has 2 nitrogen and oxygen atoms in total. The molecule has 1 amide bonds. The summed E-state index contributed by atoms with van der Waals surface area (Å²) in [5.74, 6) is -0.164. The van der Waals surface area contributed by atoms with Crippen LogP contribution in [-0.4, -0.2) is 17.8 Å². The molecular formula is C13H17BrFNO. The second-order valence-corrected chi connectivity index (χ2v) is 4.63. The van der Waals surface area contributed by atoms with E-state index >= 15 is 0 Å². The molecule has 0 radical (unpaired) electrons. The van der Waals surface area contributed by atoms with Gasteiger partial charge in [0.25, 0.3) is 0 Å². The molecule has 0 saturated carbocycles. The van der Waals surface area contributed by atoms with Crippen LogP contribution in [0.4, 0.5) is 4.39 Å². The number of alkyl halides is 1. The van der Waals surface area contributed by atoms with E-state index in [1.807, 2.05) is 0 Å². The third-order valence-electron chi connectivity index (χ3n) is 2.46. The van der Waals surface area contributed by atoms with Crippen LogP contribution in [0.15, 0.2) is 24.3 Å². The highest BCUT2D eigenvalue weighted by molar-refractivity contribution is 9.09. The van der Waals surface area contributed by atoms with Crippen LogP contribution in [0, 0.1) is 5.82 Å². The van der Waals surface area contributed by atoms with E-state index in [2.05, 4.69) is 21.2 Å². The van der Waals surface area contributed by atoms with Crippen LogP contribution in [-0.2, 0) is 11.2 Å². The average molecular weight is 302 g/mol. The molecule has 1 aromatic rings. The zero-order valence-corrected chi connectivity index (χ0v) is 11.3. The summed E-state index contributed by atoms with van der Waals surface area (Å²) >= 11 is 3.32. The second-order valence-electron chi connectivity index (χ2n) is 3.84. The molecule has 17 heavy (non-hydrogen) atoms. The van der Waals surface area contributed by atoms with Gasteiger partial charge in [0.1, 0.15) is 5.82 Å². The number of hydrogen-bond acceptors (Lipinski definition) is 1. The number of hydrogen-bond donors (Lipinski definition) is 1. The molecule has 0 fully saturated rings. The third-order valence-corrected chi connectivity index (χ3v) is 3.02. The van der Waals surface area contributed by atoms with Crippen LogP contribution in [0.25, 0.3) is 0 Å². The number of benzene rings is 1. The first-order chi connectivity index (χ1) is 8.24. The van der Waals surface area contributed by atoms with Gasteiger partial charge >= 0.3 is 0 Å². The van der Waals surface area contributed by atoms with Crippen LogP contribution < -0.4 is 5.32 Å². The lowest BCUT2D eigenvalue weighted by Gasteiger charge is -2.05. The standard InChI is InChI=1S/C13H17BrFNO/c14-9-4-3-7-13(17)16-10-8-11-5-1-2-6-12(11)15/h1-2,5-6H,3-4,7-10H2,(H,16,17). The van der Waals surface area contributed by atoms with E-state index < -0.39 is 0 Å². The Morgan fingerprint density at radius 2 is 2.06 bits per heavy atom. The molecule has 94 valence electrons. The van der Waals surface area contributed by atoms with Crippen molar-refractivity contribution in [2.75, 3.05) is 11.9 Å². The summed E-state index contributed by atoms with van der Waals surface area (Å²) in [6.07, 6.45) is 2.97. The van der Waals surface area contributed by atoms with Crippen molar-refractivity contribution in [1.29, 1.82) is 0 Å². The average Bonchev–Trinajstić information content (AvgIpc) is 2.32. The van der Waals surface area contributed by atoms with Gasteiger partial charge in [0.2, 0.25) is 5.91 Å². The summed E-state index contributed by atoms with van der Waals surface area (Å²) in [4.78, 5) is 11.4. The smallest absolute Gasteiger partial charge is 0.220 e. The van der Waals surface area contributed by atoms with Gasteiger partial charge in [0.15, 0.2) is 0 Å². The Hall–Kier alpha value is -0.900. The van der Waals surface area contributed by atoms with Crippen LogP contribution in [0.3, 0.4) is 0 Å². The fourth-order valence-electron chi connectivity index (χ4n) is 1.51. The van der Waals surface area contributed by atoms with Gasteiger partial charge in [-0.3, -0.25) is 4.79 Å². The summed E-state index contributed by atoms with van der Waals surface area (Å²) in [6, 6.07) is 6.65. The van der Waals surface area contributed by atoms with Crippen molar-refractivity contribution < 1.29 is 9.18 Å². The van der Waals surface area contributed by atoms with Crippen molar-refractivity contribution >= 4 is 21.8 Å². The lowest BCUT2D eigenvalue weighted by Crippen LogP contribution is -2.25. The van der Waals surface area contributed by atoms with Gasteiger partial charge in [-0.25, -0.2) is 4.39 Å². The molecule has 1 N–H and O–H groups in total. The first kappa shape index (κ1) is 14.2. The lowest BCUT2D eigenvalue weighted by atomic mass is 10.1. The van der Waals surface area contributed by atoms with E-state index in [9.17, 15) is 9.18 Å². The molecule has 0 aliphatic rings. The van der Waals surface area contributed by atoms with Gasteiger partial charge in [0, 0.05) is 18.3 Å². The quantitative estimate of drug-likeness (QED) is 0.609. The number of carbonyl (C=O) groups is 1. The summed E-state index contributed by atoms with van der Waals surface area (Å²) in [7, 11) is 0. The summed E-state index contributed by atoms with van der Waals surface area (Å²) in [6.45, 7) is 0.494. The van der Waals surface area contributed by atoms with Crippen molar-refractivity contribution in [2.45, 2.75) is 25.7 Å². The van der Waals surface area contributed by atoms with Gasteiger partial charge in [-0.05, 0) is 30.9 Å². The van der Waals surface area contributed by atoms with E-state index in [-0.39, 0.29) is 11.7 Å².